The Morgan fingerprint density at radius 2 is 2.05 bits per heavy atom. The Labute approximate surface area is 109 Å². The molecule has 0 fully saturated rings. The number of hydrogen-bond acceptors (Lipinski definition) is 4. The first-order valence-electron chi connectivity index (χ1n) is 5.41. The van der Waals surface area contributed by atoms with E-state index in [4.69, 9.17) is 5.73 Å². The first-order valence-corrected chi connectivity index (χ1v) is 6.89. The first kappa shape index (κ1) is 13.3. The van der Waals surface area contributed by atoms with E-state index in [1.165, 1.54) is 12.1 Å². The van der Waals surface area contributed by atoms with Crippen LogP contribution in [0.15, 0.2) is 23.1 Å². The van der Waals surface area contributed by atoms with Gasteiger partial charge in [0.15, 0.2) is 0 Å². The summed E-state index contributed by atoms with van der Waals surface area (Å²) in [4.78, 5) is -0.299. The van der Waals surface area contributed by atoms with Crippen LogP contribution in [-0.4, -0.2) is 18.6 Å². The van der Waals surface area contributed by atoms with E-state index in [0.717, 1.165) is 6.07 Å². The second kappa shape index (κ2) is 4.54. The van der Waals surface area contributed by atoms with Crippen molar-refractivity contribution >= 4 is 21.4 Å². The average Bonchev–Trinajstić information content (AvgIpc) is 2.64. The van der Waals surface area contributed by atoms with Gasteiger partial charge in [0, 0.05) is 0 Å². The Bertz CT molecular complexity index is 705. The molecule has 19 heavy (non-hydrogen) atoms. The maximum absolute atomic E-state index is 13.3. The molecule has 0 bridgehead atoms. The third-order valence-corrected chi connectivity index (χ3v) is 4.07. The fraction of sp³-hybridized carbons (Fsp3) is 0.182. The zero-order valence-corrected chi connectivity index (χ0v) is 11.2. The molecule has 0 saturated carbocycles. The average molecular weight is 284 g/mol. The second-order valence-electron chi connectivity index (χ2n) is 4.07. The van der Waals surface area contributed by atoms with Crippen molar-refractivity contribution in [3.8, 4) is 0 Å². The number of benzene rings is 1. The highest BCUT2D eigenvalue weighted by Crippen LogP contribution is 2.25. The van der Waals surface area contributed by atoms with Crippen molar-refractivity contribution < 1.29 is 12.8 Å². The predicted molar refractivity (Wildman–Crippen MR) is 69.7 cm³/mol. The number of para-hydroxylation sites is 1. The Morgan fingerprint density at radius 1 is 1.37 bits per heavy atom. The topological polar surface area (TPSA) is 101 Å². The SMILES string of the molecule is Cc1n[nH]c(C)c1NS(=O)(=O)c1cccc(F)c1N. The number of nitrogen functional groups attached to an aromatic ring is 1. The first-order chi connectivity index (χ1) is 8.83. The molecule has 0 aliphatic heterocycles. The molecule has 0 atom stereocenters. The van der Waals surface area contributed by atoms with Crippen LogP contribution in [0.25, 0.3) is 0 Å². The lowest BCUT2D eigenvalue weighted by atomic mass is 10.3. The summed E-state index contributed by atoms with van der Waals surface area (Å²) in [5, 5.41) is 6.53. The van der Waals surface area contributed by atoms with E-state index in [9.17, 15) is 12.8 Å². The van der Waals surface area contributed by atoms with Crippen LogP contribution in [0.2, 0.25) is 0 Å². The number of nitrogens with two attached hydrogens (primary N) is 1. The minimum absolute atomic E-state index is 0.299. The van der Waals surface area contributed by atoms with Gasteiger partial charge in [-0.05, 0) is 26.0 Å². The van der Waals surface area contributed by atoms with Crippen LogP contribution in [0, 0.1) is 19.7 Å². The van der Waals surface area contributed by atoms with Gasteiger partial charge in [0.1, 0.15) is 10.7 Å². The van der Waals surface area contributed by atoms with Crippen LogP contribution in [0.1, 0.15) is 11.4 Å². The number of rotatable bonds is 3. The number of nitrogens with zero attached hydrogens (tertiary/aromatic N) is 1. The molecule has 0 saturated heterocycles. The normalized spacial score (nSPS) is 11.5. The second-order valence-corrected chi connectivity index (χ2v) is 5.72. The lowest BCUT2D eigenvalue weighted by Gasteiger charge is -2.10. The molecule has 1 aromatic carbocycles. The molecule has 1 aromatic heterocycles. The Balaban J connectivity index is 2.47. The maximum Gasteiger partial charge on any atom is 0.264 e. The van der Waals surface area contributed by atoms with Crippen molar-refractivity contribution in [3.05, 3.63) is 35.4 Å². The summed E-state index contributed by atoms with van der Waals surface area (Å²) in [6.07, 6.45) is 0. The van der Waals surface area contributed by atoms with Crippen molar-refractivity contribution in [2.24, 2.45) is 0 Å². The molecule has 102 valence electrons. The summed E-state index contributed by atoms with van der Waals surface area (Å²) < 4.78 is 40.0. The van der Waals surface area contributed by atoms with Gasteiger partial charge in [-0.3, -0.25) is 9.82 Å². The number of halogens is 1. The molecule has 0 spiro atoms. The Morgan fingerprint density at radius 3 is 2.63 bits per heavy atom. The van der Waals surface area contributed by atoms with Crippen LogP contribution in [-0.2, 0) is 10.0 Å². The van der Waals surface area contributed by atoms with E-state index in [1.54, 1.807) is 13.8 Å². The van der Waals surface area contributed by atoms with Crippen molar-refractivity contribution in [1.29, 1.82) is 0 Å². The van der Waals surface area contributed by atoms with E-state index >= 15 is 0 Å². The predicted octanol–water partition coefficient (Wildman–Crippen LogP) is 1.55. The molecule has 0 unspecified atom stereocenters. The van der Waals surface area contributed by atoms with Gasteiger partial charge in [-0.1, -0.05) is 6.07 Å². The quantitative estimate of drug-likeness (QED) is 0.744. The summed E-state index contributed by atoms with van der Waals surface area (Å²) in [5.74, 6) is -0.775. The van der Waals surface area contributed by atoms with E-state index in [2.05, 4.69) is 14.9 Å². The number of aromatic amines is 1. The molecule has 1 heterocycles. The highest BCUT2D eigenvalue weighted by atomic mass is 32.2. The largest absolute Gasteiger partial charge is 0.395 e. The molecule has 4 N–H and O–H groups in total. The standard InChI is InChI=1S/C11H13FN4O2S/c1-6-11(7(2)15-14-6)16-19(17,18)9-5-3-4-8(12)10(9)13/h3-5,16H,13H2,1-2H3,(H,14,15). The summed E-state index contributed by atoms with van der Waals surface area (Å²) in [6, 6.07) is 3.63. The summed E-state index contributed by atoms with van der Waals surface area (Å²) in [6.45, 7) is 3.32. The highest BCUT2D eigenvalue weighted by molar-refractivity contribution is 7.92. The van der Waals surface area contributed by atoms with Gasteiger partial charge in [-0.2, -0.15) is 5.10 Å². The highest BCUT2D eigenvalue weighted by Gasteiger charge is 2.21. The number of aromatic nitrogens is 2. The number of nitrogens with one attached hydrogen (secondary N) is 2. The summed E-state index contributed by atoms with van der Waals surface area (Å²) in [7, 11) is -3.96. The monoisotopic (exact) mass is 284 g/mol. The summed E-state index contributed by atoms with van der Waals surface area (Å²) >= 11 is 0. The third-order valence-electron chi connectivity index (χ3n) is 2.67. The fourth-order valence-corrected chi connectivity index (χ4v) is 2.97. The van der Waals surface area contributed by atoms with Gasteiger partial charge in [0.25, 0.3) is 10.0 Å². The molecule has 2 aromatic rings. The number of hydrogen-bond donors (Lipinski definition) is 3. The number of H-pyrrole nitrogens is 1. The lowest BCUT2D eigenvalue weighted by Crippen LogP contribution is -2.16. The minimum atomic E-state index is -3.96. The molecular weight excluding hydrogens is 271 g/mol. The number of anilines is 2. The number of sulfonamides is 1. The van der Waals surface area contributed by atoms with Gasteiger partial charge in [-0.15, -0.1) is 0 Å². The lowest BCUT2D eigenvalue weighted by molar-refractivity contribution is 0.597. The van der Waals surface area contributed by atoms with Crippen molar-refractivity contribution in [2.45, 2.75) is 18.7 Å². The van der Waals surface area contributed by atoms with Crippen LogP contribution >= 0.6 is 0 Å². The molecule has 8 heteroatoms. The molecule has 0 amide bonds. The maximum atomic E-state index is 13.3. The van der Waals surface area contributed by atoms with Gasteiger partial charge in [0.05, 0.1) is 22.8 Å². The molecule has 0 radical (unpaired) electrons. The van der Waals surface area contributed by atoms with Gasteiger partial charge in [0.2, 0.25) is 0 Å². The van der Waals surface area contributed by atoms with E-state index in [-0.39, 0.29) is 4.90 Å². The smallest absolute Gasteiger partial charge is 0.264 e. The molecule has 0 aliphatic carbocycles. The third kappa shape index (κ3) is 2.39. The number of aryl methyl sites for hydroxylation is 2. The zero-order valence-electron chi connectivity index (χ0n) is 10.4. The van der Waals surface area contributed by atoms with Crippen molar-refractivity contribution in [1.82, 2.24) is 10.2 Å². The van der Waals surface area contributed by atoms with Crippen LogP contribution in [0.5, 0.6) is 0 Å². The summed E-state index contributed by atoms with van der Waals surface area (Å²) in [5.41, 5.74) is 6.45. The van der Waals surface area contributed by atoms with E-state index in [1.807, 2.05) is 0 Å². The fourth-order valence-electron chi connectivity index (χ4n) is 1.64. The van der Waals surface area contributed by atoms with Crippen LogP contribution in [0.3, 0.4) is 0 Å². The van der Waals surface area contributed by atoms with Crippen molar-refractivity contribution in [3.63, 3.8) is 0 Å². The molecule has 6 nitrogen and oxygen atoms in total. The van der Waals surface area contributed by atoms with Gasteiger partial charge < -0.3 is 5.73 Å². The molecule has 2 rings (SSSR count). The molecular formula is C11H13FN4O2S. The van der Waals surface area contributed by atoms with Gasteiger partial charge >= 0.3 is 0 Å². The van der Waals surface area contributed by atoms with Crippen LogP contribution < -0.4 is 10.5 Å². The molecule has 0 aliphatic rings. The van der Waals surface area contributed by atoms with Crippen molar-refractivity contribution in [2.75, 3.05) is 10.5 Å². The Hall–Kier alpha value is -2.09. The van der Waals surface area contributed by atoms with Gasteiger partial charge in [-0.25, -0.2) is 12.8 Å². The zero-order chi connectivity index (χ0) is 14.2. The van der Waals surface area contributed by atoms with E-state index < -0.39 is 21.5 Å². The minimum Gasteiger partial charge on any atom is -0.395 e. The van der Waals surface area contributed by atoms with Crippen LogP contribution in [0.4, 0.5) is 15.8 Å². The van der Waals surface area contributed by atoms with E-state index in [0.29, 0.717) is 17.1 Å². The Kier molecular flexibility index (Phi) is 3.19.